The van der Waals surface area contributed by atoms with Crippen LogP contribution in [0.4, 0.5) is 0 Å². The highest BCUT2D eigenvalue weighted by Crippen LogP contribution is 2.26. The Bertz CT molecular complexity index is 1810. The molecule has 1 heterocycles. The molecule has 0 aromatic heterocycles. The van der Waals surface area contributed by atoms with Crippen molar-refractivity contribution < 1.29 is 49.3 Å². The van der Waals surface area contributed by atoms with E-state index >= 15 is 0 Å². The number of carbonyl (C=O) groups is 2. The molecule has 0 aromatic rings. The minimum Gasteiger partial charge on any atom is -0.454 e. The lowest BCUT2D eigenvalue weighted by Gasteiger charge is -2.41. The number of aliphatic hydroxyl groups is 5. The van der Waals surface area contributed by atoms with Crippen LogP contribution in [0.5, 0.6) is 0 Å². The maximum atomic E-state index is 13.5. The zero-order valence-electron chi connectivity index (χ0n) is 59.0. The maximum absolute atomic E-state index is 13.5. The highest BCUT2D eigenvalue weighted by Gasteiger charge is 2.47. The van der Waals surface area contributed by atoms with Crippen LogP contribution in [0.15, 0.2) is 85.1 Å². The van der Waals surface area contributed by atoms with Gasteiger partial charge in [-0.05, 0) is 77.0 Å². The summed E-state index contributed by atoms with van der Waals surface area (Å²) in [5, 5.41) is 57.4. The minimum atomic E-state index is -1.63. The molecule has 1 aliphatic rings. The van der Waals surface area contributed by atoms with E-state index in [0.29, 0.717) is 19.3 Å². The zero-order valence-corrected chi connectivity index (χ0v) is 59.0. The van der Waals surface area contributed by atoms with Gasteiger partial charge in [0.2, 0.25) is 5.91 Å². The lowest BCUT2D eigenvalue weighted by atomic mass is 9.99. The molecule has 11 heteroatoms. The Hall–Kier alpha value is -3.16. The third-order valence-corrected chi connectivity index (χ3v) is 17.8. The molecule has 1 aliphatic heterocycles. The van der Waals surface area contributed by atoms with Gasteiger partial charge < -0.3 is 45.1 Å². The molecule has 1 amide bonds. The van der Waals surface area contributed by atoms with E-state index in [-0.39, 0.29) is 13.0 Å². The summed E-state index contributed by atoms with van der Waals surface area (Å²) < 4.78 is 17.7. The first-order valence-electron chi connectivity index (χ1n) is 38.4. The summed E-state index contributed by atoms with van der Waals surface area (Å²) in [6.45, 7) is 5.72. The summed E-state index contributed by atoms with van der Waals surface area (Å²) in [6, 6.07) is -1.03. The largest absolute Gasteiger partial charge is 0.454 e. The number of amides is 1. The second-order valence-corrected chi connectivity index (χ2v) is 26.4. The average Bonchev–Trinajstić information content (AvgIpc) is 1.01. The average molecular weight is 1280 g/mol. The number of esters is 1. The van der Waals surface area contributed by atoms with Crippen molar-refractivity contribution >= 4 is 11.9 Å². The molecule has 1 fully saturated rings. The third-order valence-electron chi connectivity index (χ3n) is 17.8. The van der Waals surface area contributed by atoms with Gasteiger partial charge in [0, 0.05) is 6.42 Å². The molecule has 0 bridgehead atoms. The fourth-order valence-electron chi connectivity index (χ4n) is 11.8. The predicted molar refractivity (Wildman–Crippen MR) is 384 cm³/mol. The van der Waals surface area contributed by atoms with Gasteiger partial charge in [-0.15, -0.1) is 0 Å². The van der Waals surface area contributed by atoms with E-state index in [0.717, 1.165) is 103 Å². The first kappa shape index (κ1) is 85.9. The van der Waals surface area contributed by atoms with Crippen LogP contribution in [-0.2, 0) is 23.8 Å². The van der Waals surface area contributed by atoms with E-state index in [2.05, 4.69) is 99.0 Å². The monoisotopic (exact) mass is 1280 g/mol. The lowest BCUT2D eigenvalue weighted by molar-refractivity contribution is -0.305. The molecular weight excluding hydrogens is 1130 g/mol. The van der Waals surface area contributed by atoms with Crippen molar-refractivity contribution in [1.29, 1.82) is 0 Å². The number of unbranched alkanes of at least 4 members (excludes halogenated alkanes) is 40. The van der Waals surface area contributed by atoms with Crippen LogP contribution in [0, 0.1) is 0 Å². The summed E-state index contributed by atoms with van der Waals surface area (Å²) in [6.07, 6.45) is 79.2. The van der Waals surface area contributed by atoms with Gasteiger partial charge >= 0.3 is 5.97 Å². The van der Waals surface area contributed by atoms with E-state index in [1.807, 2.05) is 6.08 Å². The quantitative estimate of drug-likeness (QED) is 0.0195. The number of carbonyl (C=O) groups excluding carboxylic acids is 2. The normalized spacial score (nSPS) is 18.4. The number of hydrogen-bond donors (Lipinski definition) is 6. The standard InChI is InChI=1S/C80H143NO10/c1-4-7-10-13-16-19-22-25-27-29-31-33-35-36-37-39-40-42-44-46-49-52-55-58-61-64-67-73(84)79(88)81-71(72(83)66-63-60-57-54-51-48-24-21-18-15-12-9-6-3)70-89-80-78(77(87)76(86)74(69-82)90-80)91-75(85)68-65-62-59-56-53-50-47-45-43-41-38-34-32-30-28-26-23-20-17-14-11-8-5-2/h8,11,17,20,26,28,32,34,41,43,47,50,63,66,71-74,76-78,80,82-84,86-87H,4-7,9-10,12-16,18-19,21-25,27,29-31,33,35-40,42,44-46,48-49,51-62,64-65,67-70H2,1-3H3,(H,81,88)/b11-8-,20-17-,28-26-,34-32-,43-41-,50-47-,66-63+. The van der Waals surface area contributed by atoms with Crippen LogP contribution in [0.2, 0.25) is 0 Å². The van der Waals surface area contributed by atoms with Crippen LogP contribution >= 0.6 is 0 Å². The molecule has 8 unspecified atom stereocenters. The minimum absolute atomic E-state index is 0.0915. The molecule has 91 heavy (non-hydrogen) atoms. The van der Waals surface area contributed by atoms with Crippen LogP contribution in [0.25, 0.3) is 0 Å². The summed E-state index contributed by atoms with van der Waals surface area (Å²) in [5.41, 5.74) is 0. The first-order chi connectivity index (χ1) is 44.7. The molecule has 0 spiro atoms. The molecule has 11 nitrogen and oxygen atoms in total. The fraction of sp³-hybridized carbons (Fsp3) is 0.800. The van der Waals surface area contributed by atoms with Crippen molar-refractivity contribution in [2.45, 2.75) is 397 Å². The number of allylic oxidation sites excluding steroid dienone is 13. The van der Waals surface area contributed by atoms with E-state index in [4.69, 9.17) is 14.2 Å². The van der Waals surface area contributed by atoms with Crippen molar-refractivity contribution in [3.8, 4) is 0 Å². The van der Waals surface area contributed by atoms with Gasteiger partial charge in [0.15, 0.2) is 12.4 Å². The van der Waals surface area contributed by atoms with Crippen LogP contribution < -0.4 is 5.32 Å². The summed E-state index contributed by atoms with van der Waals surface area (Å²) in [4.78, 5) is 26.7. The highest BCUT2D eigenvalue weighted by molar-refractivity contribution is 5.80. The van der Waals surface area contributed by atoms with E-state index in [9.17, 15) is 35.1 Å². The van der Waals surface area contributed by atoms with Gasteiger partial charge in [0.05, 0.1) is 25.4 Å². The third kappa shape index (κ3) is 53.7. The van der Waals surface area contributed by atoms with E-state index in [1.54, 1.807) is 6.08 Å². The smallest absolute Gasteiger partial charge is 0.306 e. The van der Waals surface area contributed by atoms with Gasteiger partial charge in [-0.25, -0.2) is 0 Å². The Labute approximate surface area is 559 Å². The predicted octanol–water partition coefficient (Wildman–Crippen LogP) is 20.4. The topological polar surface area (TPSA) is 175 Å². The molecular formula is C80H143NO10. The van der Waals surface area contributed by atoms with Crippen molar-refractivity contribution in [2.75, 3.05) is 13.2 Å². The van der Waals surface area contributed by atoms with Gasteiger partial charge in [0.1, 0.15) is 24.4 Å². The molecule has 1 saturated heterocycles. The number of nitrogens with one attached hydrogen (secondary N) is 1. The second kappa shape index (κ2) is 66.8. The van der Waals surface area contributed by atoms with Gasteiger partial charge in [-0.2, -0.15) is 0 Å². The Morgan fingerprint density at radius 2 is 0.791 bits per heavy atom. The van der Waals surface area contributed by atoms with E-state index in [1.165, 1.54) is 199 Å². The molecule has 0 radical (unpaired) electrons. The fourth-order valence-corrected chi connectivity index (χ4v) is 11.8. The molecule has 6 N–H and O–H groups in total. The maximum Gasteiger partial charge on any atom is 0.306 e. The number of ether oxygens (including phenoxy) is 3. The SMILES string of the molecule is CC/C=C\C/C=C\C/C=C\C/C=C\C/C=C\C/C=C\CCCCCCC(=O)OC1C(OCC(NC(=O)C(O)CCCCCCCCCCCCCCCCCCCCCCCCCCCC)C(O)/C=C/CCCCCCCCCCCCC)OC(CO)C(O)C1O. The van der Waals surface area contributed by atoms with Crippen molar-refractivity contribution in [3.05, 3.63) is 85.1 Å². The zero-order chi connectivity index (χ0) is 66.0. The number of rotatable bonds is 66. The molecule has 0 saturated carbocycles. The van der Waals surface area contributed by atoms with Crippen LogP contribution in [0.3, 0.4) is 0 Å². The Morgan fingerprint density at radius 1 is 0.440 bits per heavy atom. The molecule has 0 aliphatic carbocycles. The summed E-state index contributed by atoms with van der Waals surface area (Å²) >= 11 is 0. The first-order valence-corrected chi connectivity index (χ1v) is 38.4. The summed E-state index contributed by atoms with van der Waals surface area (Å²) in [7, 11) is 0. The Balaban J connectivity index is 2.56. The Kier molecular flexibility index (Phi) is 63.1. The van der Waals surface area contributed by atoms with Crippen molar-refractivity contribution in [1.82, 2.24) is 5.32 Å². The van der Waals surface area contributed by atoms with Gasteiger partial charge in [-0.3, -0.25) is 9.59 Å². The van der Waals surface area contributed by atoms with Crippen molar-refractivity contribution in [3.63, 3.8) is 0 Å². The highest BCUT2D eigenvalue weighted by atomic mass is 16.7. The van der Waals surface area contributed by atoms with Crippen LogP contribution in [-0.4, -0.2) is 99.6 Å². The molecule has 1 rings (SSSR count). The summed E-state index contributed by atoms with van der Waals surface area (Å²) in [5.74, 6) is -1.21. The molecule has 8 atom stereocenters. The molecule has 528 valence electrons. The molecule has 0 aromatic carbocycles. The van der Waals surface area contributed by atoms with E-state index < -0.39 is 67.4 Å². The Morgan fingerprint density at radius 3 is 1.19 bits per heavy atom. The van der Waals surface area contributed by atoms with Crippen molar-refractivity contribution in [2.24, 2.45) is 0 Å². The number of hydrogen-bond acceptors (Lipinski definition) is 10. The van der Waals surface area contributed by atoms with Gasteiger partial charge in [-0.1, -0.05) is 350 Å². The lowest BCUT2D eigenvalue weighted by Crippen LogP contribution is -2.61. The second-order valence-electron chi connectivity index (χ2n) is 26.4. The van der Waals surface area contributed by atoms with Crippen LogP contribution in [0.1, 0.15) is 348 Å². The number of aliphatic hydroxyl groups excluding tert-OH is 5. The van der Waals surface area contributed by atoms with Gasteiger partial charge in [0.25, 0.3) is 0 Å².